The summed E-state index contributed by atoms with van der Waals surface area (Å²) in [4.78, 5) is 24.4. The maximum atomic E-state index is 12.5. The number of benzene rings is 2. The summed E-state index contributed by atoms with van der Waals surface area (Å²) in [5, 5.41) is 0.485. The van der Waals surface area contributed by atoms with Crippen molar-refractivity contribution in [2.75, 3.05) is 13.6 Å². The van der Waals surface area contributed by atoms with Gasteiger partial charge in [0.1, 0.15) is 6.54 Å². The van der Waals surface area contributed by atoms with E-state index in [0.29, 0.717) is 10.6 Å². The van der Waals surface area contributed by atoms with Gasteiger partial charge in [0.2, 0.25) is 15.8 Å². The summed E-state index contributed by atoms with van der Waals surface area (Å²) in [6.07, 6.45) is -1.05. The van der Waals surface area contributed by atoms with Crippen LogP contribution in [0.15, 0.2) is 53.4 Å². The molecule has 2 aromatic carbocycles. The summed E-state index contributed by atoms with van der Waals surface area (Å²) in [6.45, 7) is 2.77. The molecule has 0 bridgehead atoms. The first kappa shape index (κ1) is 21.1. The van der Waals surface area contributed by atoms with E-state index in [0.717, 1.165) is 9.87 Å². The van der Waals surface area contributed by atoms with E-state index in [2.05, 4.69) is 0 Å². The van der Waals surface area contributed by atoms with Gasteiger partial charge in [0.25, 0.3) is 0 Å². The van der Waals surface area contributed by atoms with Crippen LogP contribution < -0.4 is 0 Å². The molecule has 0 aliphatic rings. The predicted molar refractivity (Wildman–Crippen MR) is 102 cm³/mol. The fourth-order valence-corrected chi connectivity index (χ4v) is 3.54. The Morgan fingerprint density at radius 3 is 2.19 bits per heavy atom. The molecular weight excluding hydrogens is 390 g/mol. The van der Waals surface area contributed by atoms with Crippen molar-refractivity contribution in [3.05, 3.63) is 64.7 Å². The summed E-state index contributed by atoms with van der Waals surface area (Å²) < 4.78 is 31.0. The van der Waals surface area contributed by atoms with Gasteiger partial charge in [-0.2, -0.15) is 4.31 Å². The number of ether oxygens (including phenoxy) is 1. The Kier molecular flexibility index (Phi) is 6.75. The zero-order valence-electron chi connectivity index (χ0n) is 15.2. The normalized spacial score (nSPS) is 12.6. The predicted octanol–water partition coefficient (Wildman–Crippen LogP) is 3.08. The van der Waals surface area contributed by atoms with Gasteiger partial charge in [-0.1, -0.05) is 29.3 Å². The van der Waals surface area contributed by atoms with Gasteiger partial charge in [-0.3, -0.25) is 9.59 Å². The van der Waals surface area contributed by atoms with Crippen molar-refractivity contribution in [1.29, 1.82) is 0 Å². The number of hydrogen-bond acceptors (Lipinski definition) is 5. The number of carbonyl (C=O) groups is 2. The number of ketones is 1. The summed E-state index contributed by atoms with van der Waals surface area (Å²) in [5.74, 6) is -1.22. The van der Waals surface area contributed by atoms with Crippen LogP contribution in [-0.2, 0) is 19.6 Å². The zero-order valence-corrected chi connectivity index (χ0v) is 16.8. The molecule has 1 atom stereocenters. The fourth-order valence-electron chi connectivity index (χ4n) is 2.29. The summed E-state index contributed by atoms with van der Waals surface area (Å²) >= 11 is 5.78. The number of nitrogens with zero attached hydrogens (tertiary/aromatic N) is 1. The third-order valence-electron chi connectivity index (χ3n) is 3.89. The lowest BCUT2D eigenvalue weighted by atomic mass is 10.1. The molecule has 8 heteroatoms. The number of halogens is 1. The second kappa shape index (κ2) is 8.65. The van der Waals surface area contributed by atoms with Crippen molar-refractivity contribution in [3.63, 3.8) is 0 Å². The highest BCUT2D eigenvalue weighted by Gasteiger charge is 2.26. The number of Topliss-reactive ketones (excluding diaryl/α,β-unsaturated/α-hetero) is 1. The lowest BCUT2D eigenvalue weighted by Crippen LogP contribution is -2.35. The number of likely N-dealkylation sites (N-methyl/N-ethyl adjacent to an activating group) is 1. The lowest BCUT2D eigenvalue weighted by molar-refractivity contribution is -0.146. The van der Waals surface area contributed by atoms with E-state index in [4.69, 9.17) is 16.3 Å². The van der Waals surface area contributed by atoms with Gasteiger partial charge in [0.15, 0.2) is 6.10 Å². The van der Waals surface area contributed by atoms with Crippen molar-refractivity contribution in [2.24, 2.45) is 0 Å². The van der Waals surface area contributed by atoms with Gasteiger partial charge in [0.05, 0.1) is 4.90 Å². The molecule has 0 spiro atoms. The van der Waals surface area contributed by atoms with E-state index in [-0.39, 0.29) is 4.90 Å². The molecule has 2 rings (SSSR count). The molecule has 144 valence electrons. The number of aryl methyl sites for hydroxylation is 1. The van der Waals surface area contributed by atoms with Gasteiger partial charge < -0.3 is 4.74 Å². The van der Waals surface area contributed by atoms with Crippen molar-refractivity contribution < 1.29 is 22.7 Å². The Balaban J connectivity index is 2.00. The summed E-state index contributed by atoms with van der Waals surface area (Å²) in [7, 11) is -2.55. The Morgan fingerprint density at radius 2 is 1.63 bits per heavy atom. The van der Waals surface area contributed by atoms with Crippen LogP contribution in [0, 0.1) is 6.92 Å². The first-order valence-corrected chi connectivity index (χ1v) is 9.95. The van der Waals surface area contributed by atoms with E-state index in [1.54, 1.807) is 24.3 Å². The number of rotatable bonds is 7. The van der Waals surface area contributed by atoms with Crippen LogP contribution in [0.3, 0.4) is 0 Å². The standard InChI is InChI=1S/C19H20ClNO5S/c1-13-4-10-17(11-5-13)27(24,25)21(3)12-18(22)26-14(2)19(23)15-6-8-16(20)9-7-15/h4-11,14H,12H2,1-3H3/t14-/m0/s1. The molecule has 0 amide bonds. The average Bonchev–Trinajstić information content (AvgIpc) is 2.61. The fraction of sp³-hybridized carbons (Fsp3) is 0.263. The third kappa shape index (κ3) is 5.38. The Hall–Kier alpha value is -2.22. The first-order chi connectivity index (χ1) is 12.6. The average molecular weight is 410 g/mol. The quantitative estimate of drug-likeness (QED) is 0.518. The topological polar surface area (TPSA) is 80.8 Å². The summed E-state index contributed by atoms with van der Waals surface area (Å²) in [5.41, 5.74) is 1.27. The summed E-state index contributed by atoms with van der Waals surface area (Å²) in [6, 6.07) is 12.5. The highest BCUT2D eigenvalue weighted by atomic mass is 35.5. The molecule has 0 aromatic heterocycles. The highest BCUT2D eigenvalue weighted by molar-refractivity contribution is 7.89. The SMILES string of the molecule is Cc1ccc(S(=O)(=O)N(C)CC(=O)O[C@@H](C)C(=O)c2ccc(Cl)cc2)cc1. The van der Waals surface area contributed by atoms with Crippen LogP contribution in [0.2, 0.25) is 5.02 Å². The Bertz CT molecular complexity index is 924. The number of esters is 1. The minimum Gasteiger partial charge on any atom is -0.453 e. The highest BCUT2D eigenvalue weighted by Crippen LogP contribution is 2.16. The number of carbonyl (C=O) groups excluding carboxylic acids is 2. The molecule has 0 saturated heterocycles. The molecule has 0 saturated carbocycles. The van der Waals surface area contributed by atoms with Crippen LogP contribution in [0.25, 0.3) is 0 Å². The Labute approximate surface area is 163 Å². The Morgan fingerprint density at radius 1 is 1.07 bits per heavy atom. The maximum absolute atomic E-state index is 12.5. The minimum atomic E-state index is -3.83. The van der Waals surface area contributed by atoms with E-state index in [1.807, 2.05) is 6.92 Å². The van der Waals surface area contributed by atoms with Gasteiger partial charge in [-0.05, 0) is 50.2 Å². The van der Waals surface area contributed by atoms with Crippen LogP contribution in [0.5, 0.6) is 0 Å². The van der Waals surface area contributed by atoms with Crippen LogP contribution >= 0.6 is 11.6 Å². The molecule has 0 fully saturated rings. The molecule has 0 N–H and O–H groups in total. The number of sulfonamides is 1. The van der Waals surface area contributed by atoms with Crippen LogP contribution in [0.1, 0.15) is 22.8 Å². The second-order valence-electron chi connectivity index (χ2n) is 6.08. The maximum Gasteiger partial charge on any atom is 0.322 e. The monoisotopic (exact) mass is 409 g/mol. The van der Waals surface area contributed by atoms with Gasteiger partial charge in [-0.15, -0.1) is 0 Å². The molecule has 27 heavy (non-hydrogen) atoms. The molecular formula is C19H20ClNO5S. The first-order valence-electron chi connectivity index (χ1n) is 8.13. The van der Waals surface area contributed by atoms with E-state index >= 15 is 0 Å². The number of hydrogen-bond donors (Lipinski definition) is 0. The lowest BCUT2D eigenvalue weighted by Gasteiger charge is -2.18. The van der Waals surface area contributed by atoms with Crippen molar-refractivity contribution in [3.8, 4) is 0 Å². The van der Waals surface area contributed by atoms with E-state index in [1.165, 1.54) is 38.2 Å². The second-order valence-corrected chi connectivity index (χ2v) is 8.56. The van der Waals surface area contributed by atoms with Gasteiger partial charge in [0, 0.05) is 17.6 Å². The van der Waals surface area contributed by atoms with E-state index in [9.17, 15) is 18.0 Å². The zero-order chi connectivity index (χ0) is 20.2. The van der Waals surface area contributed by atoms with Crippen LogP contribution in [0.4, 0.5) is 0 Å². The van der Waals surface area contributed by atoms with Gasteiger partial charge >= 0.3 is 5.97 Å². The van der Waals surface area contributed by atoms with Crippen molar-refractivity contribution >= 4 is 33.4 Å². The van der Waals surface area contributed by atoms with Crippen molar-refractivity contribution in [2.45, 2.75) is 24.8 Å². The third-order valence-corrected chi connectivity index (χ3v) is 5.96. The van der Waals surface area contributed by atoms with E-state index < -0.39 is 34.4 Å². The van der Waals surface area contributed by atoms with Crippen molar-refractivity contribution in [1.82, 2.24) is 4.31 Å². The van der Waals surface area contributed by atoms with Gasteiger partial charge in [-0.25, -0.2) is 8.42 Å². The molecule has 0 aliphatic heterocycles. The van der Waals surface area contributed by atoms with Crippen LogP contribution in [-0.4, -0.2) is 44.2 Å². The molecule has 0 radical (unpaired) electrons. The molecule has 0 heterocycles. The smallest absolute Gasteiger partial charge is 0.322 e. The molecule has 0 aliphatic carbocycles. The largest absolute Gasteiger partial charge is 0.453 e. The molecule has 6 nitrogen and oxygen atoms in total. The molecule has 0 unspecified atom stereocenters. The molecule has 2 aromatic rings. The minimum absolute atomic E-state index is 0.0775.